The highest BCUT2D eigenvalue weighted by molar-refractivity contribution is 7.89. The first-order chi connectivity index (χ1) is 10.1. The van der Waals surface area contributed by atoms with Gasteiger partial charge in [-0.2, -0.15) is 0 Å². The molecule has 0 aromatic heterocycles. The molecule has 0 saturated carbocycles. The summed E-state index contributed by atoms with van der Waals surface area (Å²) in [6, 6.07) is 0. The Morgan fingerprint density at radius 2 is 1.05 bits per heavy atom. The van der Waals surface area contributed by atoms with E-state index in [2.05, 4.69) is 20.8 Å². The zero-order chi connectivity index (χ0) is 16.0. The first-order valence-electron chi connectivity index (χ1n) is 9.06. The molecule has 0 radical (unpaired) electrons. The van der Waals surface area contributed by atoms with Crippen LogP contribution in [0.15, 0.2) is 0 Å². The Morgan fingerprint density at radius 3 is 1.52 bits per heavy atom. The minimum atomic E-state index is -3.03. The van der Waals surface area contributed by atoms with Crippen LogP contribution in [0.1, 0.15) is 91.4 Å². The van der Waals surface area contributed by atoms with Crippen LogP contribution in [0.2, 0.25) is 0 Å². The van der Waals surface area contributed by atoms with Gasteiger partial charge in [0, 0.05) is 13.1 Å². The van der Waals surface area contributed by atoms with Gasteiger partial charge >= 0.3 is 0 Å². The summed E-state index contributed by atoms with van der Waals surface area (Å²) in [5.74, 6) is 0.341. The topological polar surface area (TPSA) is 37.4 Å². The minimum Gasteiger partial charge on any atom is -0.212 e. The van der Waals surface area contributed by atoms with Crippen LogP contribution in [0, 0.1) is 0 Å². The third kappa shape index (κ3) is 11.2. The highest BCUT2D eigenvalue weighted by Gasteiger charge is 2.20. The lowest BCUT2D eigenvalue weighted by Crippen LogP contribution is -2.34. The standard InChI is InChI=1S/C17H37NO2S/c1-4-7-10-11-12-13-14-17-21(19,20)18(15-8-5-2)16-9-6-3/h4-17H2,1-3H3. The van der Waals surface area contributed by atoms with E-state index >= 15 is 0 Å². The second-order valence-corrected chi connectivity index (χ2v) is 8.13. The molecule has 0 atom stereocenters. The normalized spacial score (nSPS) is 12.2. The molecule has 0 unspecified atom stereocenters. The van der Waals surface area contributed by atoms with E-state index in [1.165, 1.54) is 32.1 Å². The van der Waals surface area contributed by atoms with Crippen molar-refractivity contribution in [3.63, 3.8) is 0 Å². The van der Waals surface area contributed by atoms with Crippen LogP contribution in [-0.4, -0.2) is 31.6 Å². The van der Waals surface area contributed by atoms with Crippen molar-refractivity contribution in [3.05, 3.63) is 0 Å². The molecular formula is C17H37NO2S. The zero-order valence-corrected chi connectivity index (χ0v) is 15.4. The van der Waals surface area contributed by atoms with Crippen LogP contribution < -0.4 is 0 Å². The molecule has 0 aliphatic rings. The van der Waals surface area contributed by atoms with Crippen molar-refractivity contribution in [1.82, 2.24) is 4.31 Å². The molecule has 0 saturated heterocycles. The second-order valence-electron chi connectivity index (χ2n) is 6.04. The lowest BCUT2D eigenvalue weighted by molar-refractivity contribution is 0.394. The van der Waals surface area contributed by atoms with Gasteiger partial charge in [-0.05, 0) is 19.3 Å². The van der Waals surface area contributed by atoms with Crippen LogP contribution in [0.5, 0.6) is 0 Å². The van der Waals surface area contributed by atoms with Crippen molar-refractivity contribution in [2.24, 2.45) is 0 Å². The van der Waals surface area contributed by atoms with Gasteiger partial charge in [0.25, 0.3) is 0 Å². The second kappa shape index (κ2) is 13.6. The van der Waals surface area contributed by atoms with E-state index in [0.29, 0.717) is 18.8 Å². The maximum Gasteiger partial charge on any atom is 0.214 e. The zero-order valence-electron chi connectivity index (χ0n) is 14.6. The summed E-state index contributed by atoms with van der Waals surface area (Å²) >= 11 is 0. The molecule has 0 heterocycles. The van der Waals surface area contributed by atoms with Gasteiger partial charge in [0.05, 0.1) is 5.75 Å². The highest BCUT2D eigenvalue weighted by atomic mass is 32.2. The summed E-state index contributed by atoms with van der Waals surface area (Å²) in [6.45, 7) is 7.85. The van der Waals surface area contributed by atoms with Crippen molar-refractivity contribution in [1.29, 1.82) is 0 Å². The Morgan fingerprint density at radius 1 is 0.619 bits per heavy atom. The van der Waals surface area contributed by atoms with Gasteiger partial charge in [-0.25, -0.2) is 12.7 Å². The van der Waals surface area contributed by atoms with Gasteiger partial charge in [-0.3, -0.25) is 0 Å². The molecular weight excluding hydrogens is 282 g/mol. The fourth-order valence-corrected chi connectivity index (χ4v) is 4.07. The molecule has 0 N–H and O–H groups in total. The number of sulfonamides is 1. The van der Waals surface area contributed by atoms with E-state index in [-0.39, 0.29) is 0 Å². The van der Waals surface area contributed by atoms with Crippen LogP contribution in [-0.2, 0) is 10.0 Å². The maximum atomic E-state index is 12.4. The Bertz CT molecular complexity index is 307. The molecule has 4 heteroatoms. The Balaban J connectivity index is 4.03. The van der Waals surface area contributed by atoms with E-state index in [0.717, 1.165) is 38.5 Å². The minimum absolute atomic E-state index is 0.341. The highest BCUT2D eigenvalue weighted by Crippen LogP contribution is 2.12. The predicted octanol–water partition coefficient (Wildman–Crippen LogP) is 4.97. The largest absolute Gasteiger partial charge is 0.214 e. The van der Waals surface area contributed by atoms with Crippen LogP contribution >= 0.6 is 0 Å². The van der Waals surface area contributed by atoms with Crippen molar-refractivity contribution in [2.45, 2.75) is 91.4 Å². The summed E-state index contributed by atoms with van der Waals surface area (Å²) in [5, 5.41) is 0. The van der Waals surface area contributed by atoms with Gasteiger partial charge in [0.1, 0.15) is 0 Å². The summed E-state index contributed by atoms with van der Waals surface area (Å²) in [4.78, 5) is 0. The Labute approximate surface area is 133 Å². The Kier molecular flexibility index (Phi) is 13.5. The lowest BCUT2D eigenvalue weighted by Gasteiger charge is -2.21. The number of hydrogen-bond donors (Lipinski definition) is 0. The van der Waals surface area contributed by atoms with Crippen LogP contribution in [0.4, 0.5) is 0 Å². The van der Waals surface area contributed by atoms with Crippen molar-refractivity contribution < 1.29 is 8.42 Å². The number of rotatable bonds is 15. The van der Waals surface area contributed by atoms with Crippen molar-refractivity contribution in [2.75, 3.05) is 18.8 Å². The summed E-state index contributed by atoms with van der Waals surface area (Å²) in [6.07, 6.45) is 12.2. The quantitative estimate of drug-likeness (QED) is 0.400. The molecule has 0 rings (SSSR count). The molecule has 21 heavy (non-hydrogen) atoms. The summed E-state index contributed by atoms with van der Waals surface area (Å²) in [5.41, 5.74) is 0. The molecule has 0 aliphatic heterocycles. The fourth-order valence-electron chi connectivity index (χ4n) is 2.43. The molecule has 0 aromatic rings. The van der Waals surface area contributed by atoms with Gasteiger partial charge in [-0.15, -0.1) is 0 Å². The molecule has 3 nitrogen and oxygen atoms in total. The van der Waals surface area contributed by atoms with Crippen LogP contribution in [0.3, 0.4) is 0 Å². The fraction of sp³-hybridized carbons (Fsp3) is 1.00. The molecule has 0 fully saturated rings. The molecule has 0 bridgehead atoms. The summed E-state index contributed by atoms with van der Waals surface area (Å²) in [7, 11) is -3.03. The van der Waals surface area contributed by atoms with E-state index in [1.807, 2.05) is 0 Å². The molecule has 0 aliphatic carbocycles. The predicted molar refractivity (Wildman–Crippen MR) is 93.2 cm³/mol. The van der Waals surface area contributed by atoms with Crippen molar-refractivity contribution in [3.8, 4) is 0 Å². The van der Waals surface area contributed by atoms with Gasteiger partial charge in [0.2, 0.25) is 10.0 Å². The van der Waals surface area contributed by atoms with Gasteiger partial charge < -0.3 is 0 Å². The first kappa shape index (κ1) is 20.9. The number of hydrogen-bond acceptors (Lipinski definition) is 2. The smallest absolute Gasteiger partial charge is 0.212 e. The van der Waals surface area contributed by atoms with E-state index < -0.39 is 10.0 Å². The third-order valence-corrected chi connectivity index (χ3v) is 5.88. The van der Waals surface area contributed by atoms with Gasteiger partial charge in [-0.1, -0.05) is 72.1 Å². The molecule has 128 valence electrons. The average molecular weight is 320 g/mol. The van der Waals surface area contributed by atoms with Gasteiger partial charge in [0.15, 0.2) is 0 Å². The Hall–Kier alpha value is -0.0900. The number of nitrogens with zero attached hydrogens (tertiary/aromatic N) is 1. The first-order valence-corrected chi connectivity index (χ1v) is 10.7. The van der Waals surface area contributed by atoms with E-state index in [4.69, 9.17) is 0 Å². The SMILES string of the molecule is CCCCCCCCCS(=O)(=O)N(CCCC)CCCC. The van der Waals surface area contributed by atoms with E-state index in [1.54, 1.807) is 4.31 Å². The molecule has 0 aromatic carbocycles. The molecule has 0 spiro atoms. The monoisotopic (exact) mass is 319 g/mol. The van der Waals surface area contributed by atoms with E-state index in [9.17, 15) is 8.42 Å². The molecule has 0 amide bonds. The van der Waals surface area contributed by atoms with Crippen molar-refractivity contribution >= 4 is 10.0 Å². The average Bonchev–Trinajstić information content (AvgIpc) is 2.46. The third-order valence-electron chi connectivity index (χ3n) is 3.92. The van der Waals surface area contributed by atoms with Crippen LogP contribution in [0.25, 0.3) is 0 Å². The summed E-state index contributed by atoms with van der Waals surface area (Å²) < 4.78 is 26.5. The number of unbranched alkanes of at least 4 members (excludes halogenated alkanes) is 8. The maximum absolute atomic E-state index is 12.4. The lowest BCUT2D eigenvalue weighted by atomic mass is 10.1.